The molecule has 0 spiro atoms. The molecular formula is C28H26F6N2O2. The van der Waals surface area contributed by atoms with Gasteiger partial charge in [0.1, 0.15) is 0 Å². The predicted octanol–water partition coefficient (Wildman–Crippen LogP) is 7.21. The van der Waals surface area contributed by atoms with Crippen LogP contribution in [-0.4, -0.2) is 24.0 Å². The van der Waals surface area contributed by atoms with Gasteiger partial charge in [-0.3, -0.25) is 9.59 Å². The second-order valence-electron chi connectivity index (χ2n) is 8.44. The number of benzene rings is 3. The second kappa shape index (κ2) is 11.7. The summed E-state index contributed by atoms with van der Waals surface area (Å²) in [6.07, 6.45) is -5.87. The molecule has 0 radical (unpaired) electrons. The topological polar surface area (TPSA) is 58.2 Å². The molecule has 0 bridgehead atoms. The Bertz CT molecular complexity index is 1330. The summed E-state index contributed by atoms with van der Waals surface area (Å²) in [4.78, 5) is 24.9. The van der Waals surface area contributed by atoms with Gasteiger partial charge in [0.2, 0.25) is 5.91 Å². The first-order valence-electron chi connectivity index (χ1n) is 12.0. The second-order valence-corrected chi connectivity index (χ2v) is 8.44. The number of alkyl halides is 6. The van der Waals surface area contributed by atoms with E-state index in [0.29, 0.717) is 34.0 Å². The molecule has 1 unspecified atom stereocenters. The average molecular weight is 537 g/mol. The fraction of sp³-hybridized carbons (Fsp3) is 0.286. The lowest BCUT2D eigenvalue weighted by Crippen LogP contribution is -2.37. The third kappa shape index (κ3) is 7.14. The number of carbonyl (C=O) groups excluding carboxylic acids is 2. The van der Waals surface area contributed by atoms with Crippen LogP contribution < -0.4 is 10.6 Å². The van der Waals surface area contributed by atoms with E-state index in [1.165, 1.54) is 6.08 Å². The highest BCUT2D eigenvalue weighted by Gasteiger charge is 2.42. The highest BCUT2D eigenvalue weighted by molar-refractivity contribution is 6.09. The molecular weight excluding hydrogens is 510 g/mol. The summed E-state index contributed by atoms with van der Waals surface area (Å²) in [5, 5.41) is 5.86. The molecule has 1 aliphatic rings. The third-order valence-electron chi connectivity index (χ3n) is 5.69. The summed E-state index contributed by atoms with van der Waals surface area (Å²) in [5.41, 5.74) is -1.08. The Hall–Kier alpha value is -3.82. The maximum absolute atomic E-state index is 13.6. The van der Waals surface area contributed by atoms with Gasteiger partial charge in [-0.05, 0) is 59.0 Å². The summed E-state index contributed by atoms with van der Waals surface area (Å²) in [7, 11) is 0. The maximum atomic E-state index is 13.6. The van der Waals surface area contributed by atoms with Crippen LogP contribution in [0, 0.1) is 0 Å². The SMILES string of the molecule is CC.O=C(/C=C/c1cccc2c(C(=O)NC3CC3)cccc12)NC(c1cccc(C(F)(F)F)c1)C(F)(F)F. The highest BCUT2D eigenvalue weighted by Crippen LogP contribution is 2.36. The standard InChI is InChI=1S/C26H20F6N2O2.C2H6/c27-25(28,29)17-6-1-5-16(14-17)23(26(30,31)32)34-22(35)13-10-15-4-2-8-20-19(15)7-3-9-21(20)24(36)33-18-11-12-18;1-2/h1-10,13-14,18,23H,11-12H2,(H,33,36)(H,34,35);1-2H3/b13-10+;. The lowest BCUT2D eigenvalue weighted by Gasteiger charge is -2.22. The van der Waals surface area contributed by atoms with Gasteiger partial charge in [-0.15, -0.1) is 0 Å². The number of rotatable bonds is 6. The first-order chi connectivity index (χ1) is 17.9. The van der Waals surface area contributed by atoms with E-state index in [4.69, 9.17) is 0 Å². The van der Waals surface area contributed by atoms with Crippen molar-refractivity contribution in [2.75, 3.05) is 0 Å². The Morgan fingerprint density at radius 3 is 2.16 bits per heavy atom. The van der Waals surface area contributed by atoms with E-state index in [9.17, 15) is 35.9 Å². The van der Waals surface area contributed by atoms with Crippen LogP contribution in [0.2, 0.25) is 0 Å². The fourth-order valence-electron chi connectivity index (χ4n) is 3.77. The molecule has 4 nitrogen and oxygen atoms in total. The molecule has 202 valence electrons. The van der Waals surface area contributed by atoms with E-state index in [0.717, 1.165) is 31.1 Å². The molecule has 3 aromatic carbocycles. The van der Waals surface area contributed by atoms with E-state index < -0.39 is 35.4 Å². The van der Waals surface area contributed by atoms with Crippen molar-refractivity contribution in [1.29, 1.82) is 0 Å². The third-order valence-corrected chi connectivity index (χ3v) is 5.69. The molecule has 4 rings (SSSR count). The Morgan fingerprint density at radius 1 is 0.895 bits per heavy atom. The maximum Gasteiger partial charge on any atom is 0.416 e. The summed E-state index contributed by atoms with van der Waals surface area (Å²) in [5.74, 6) is -1.38. The number of fused-ring (bicyclic) bond motifs is 1. The van der Waals surface area contributed by atoms with Crippen LogP contribution in [-0.2, 0) is 11.0 Å². The van der Waals surface area contributed by atoms with Gasteiger partial charge in [0.25, 0.3) is 5.91 Å². The molecule has 2 amide bonds. The van der Waals surface area contributed by atoms with Crippen molar-refractivity contribution in [2.45, 2.75) is 51.1 Å². The quantitative estimate of drug-likeness (QED) is 0.258. The molecule has 0 aliphatic heterocycles. The van der Waals surface area contributed by atoms with Gasteiger partial charge in [0.05, 0.1) is 5.56 Å². The number of carbonyl (C=O) groups is 2. The van der Waals surface area contributed by atoms with Crippen LogP contribution in [0.3, 0.4) is 0 Å². The normalized spacial score (nSPS) is 14.5. The average Bonchev–Trinajstić information content (AvgIpc) is 3.69. The Morgan fingerprint density at radius 2 is 1.53 bits per heavy atom. The zero-order chi connectivity index (χ0) is 28.1. The van der Waals surface area contributed by atoms with Crippen LogP contribution in [0.4, 0.5) is 26.3 Å². The number of hydrogen-bond donors (Lipinski definition) is 2. The molecule has 1 aliphatic carbocycles. The van der Waals surface area contributed by atoms with E-state index in [2.05, 4.69) is 5.32 Å². The first kappa shape index (κ1) is 28.7. The number of hydrogen-bond acceptors (Lipinski definition) is 2. The fourth-order valence-corrected chi connectivity index (χ4v) is 3.77. The van der Waals surface area contributed by atoms with Gasteiger partial charge in [0, 0.05) is 17.7 Å². The molecule has 0 heterocycles. The predicted molar refractivity (Wildman–Crippen MR) is 133 cm³/mol. The molecule has 1 atom stereocenters. The van der Waals surface area contributed by atoms with Crippen molar-refractivity contribution in [3.05, 3.63) is 89.0 Å². The molecule has 2 N–H and O–H groups in total. The Labute approximate surface area is 215 Å². The van der Waals surface area contributed by atoms with E-state index in [-0.39, 0.29) is 11.9 Å². The largest absolute Gasteiger partial charge is 0.416 e. The van der Waals surface area contributed by atoms with E-state index >= 15 is 0 Å². The van der Waals surface area contributed by atoms with Gasteiger partial charge in [0.15, 0.2) is 6.04 Å². The Kier molecular flexibility index (Phi) is 8.85. The monoisotopic (exact) mass is 536 g/mol. The van der Waals surface area contributed by atoms with Gasteiger partial charge >= 0.3 is 12.4 Å². The van der Waals surface area contributed by atoms with Gasteiger partial charge in [-0.2, -0.15) is 26.3 Å². The van der Waals surface area contributed by atoms with E-state index in [1.807, 2.05) is 13.8 Å². The van der Waals surface area contributed by atoms with Gasteiger partial charge in [-0.25, -0.2) is 0 Å². The molecule has 0 aromatic heterocycles. The minimum atomic E-state index is -5.03. The van der Waals surface area contributed by atoms with Gasteiger partial charge < -0.3 is 10.6 Å². The minimum Gasteiger partial charge on any atom is -0.349 e. The van der Waals surface area contributed by atoms with Crippen molar-refractivity contribution in [2.24, 2.45) is 0 Å². The smallest absolute Gasteiger partial charge is 0.349 e. The first-order valence-corrected chi connectivity index (χ1v) is 12.0. The molecule has 0 saturated heterocycles. The Balaban J connectivity index is 0.00000195. The number of halogens is 6. The van der Waals surface area contributed by atoms with E-state index in [1.54, 1.807) is 41.7 Å². The number of amides is 2. The van der Waals surface area contributed by atoms with Crippen molar-refractivity contribution in [3.63, 3.8) is 0 Å². The molecule has 1 fully saturated rings. The van der Waals surface area contributed by atoms with Crippen LogP contribution in [0.25, 0.3) is 16.8 Å². The van der Waals surface area contributed by atoms with Crippen molar-refractivity contribution < 1.29 is 35.9 Å². The zero-order valence-corrected chi connectivity index (χ0v) is 20.6. The molecule has 10 heteroatoms. The van der Waals surface area contributed by atoms with Crippen LogP contribution in [0.15, 0.2) is 66.7 Å². The molecule has 3 aromatic rings. The van der Waals surface area contributed by atoms with Gasteiger partial charge in [-0.1, -0.05) is 56.3 Å². The van der Waals surface area contributed by atoms with Crippen molar-refractivity contribution in [1.82, 2.24) is 10.6 Å². The summed E-state index contributed by atoms with van der Waals surface area (Å²) >= 11 is 0. The summed E-state index contributed by atoms with van der Waals surface area (Å²) < 4.78 is 79.8. The molecule has 38 heavy (non-hydrogen) atoms. The number of nitrogens with one attached hydrogen (secondary N) is 2. The lowest BCUT2D eigenvalue weighted by atomic mass is 9.99. The van der Waals surface area contributed by atoms with Crippen LogP contribution in [0.1, 0.15) is 59.8 Å². The summed E-state index contributed by atoms with van der Waals surface area (Å²) in [6.45, 7) is 4.00. The van der Waals surface area contributed by atoms with Crippen molar-refractivity contribution >= 4 is 28.7 Å². The lowest BCUT2D eigenvalue weighted by molar-refractivity contribution is -0.162. The van der Waals surface area contributed by atoms with Crippen LogP contribution >= 0.6 is 0 Å². The van der Waals surface area contributed by atoms with Crippen molar-refractivity contribution in [3.8, 4) is 0 Å². The minimum absolute atomic E-state index is 0.151. The molecule has 1 saturated carbocycles. The highest BCUT2D eigenvalue weighted by atomic mass is 19.4. The van der Waals surface area contributed by atoms with Crippen LogP contribution in [0.5, 0.6) is 0 Å². The summed E-state index contributed by atoms with van der Waals surface area (Å²) in [6, 6.07) is 10.3. The zero-order valence-electron chi connectivity index (χ0n) is 20.6.